The molecule has 0 spiro atoms. The SMILES string of the molecule is CCNC(=NCC1CCS(=O)(=O)C1)NCCc1ncc(CC)s1.I. The van der Waals surface area contributed by atoms with E-state index in [1.54, 1.807) is 11.3 Å². The third-order valence-corrected chi connectivity index (χ3v) is 6.80. The van der Waals surface area contributed by atoms with Crippen molar-refractivity contribution in [2.24, 2.45) is 10.9 Å². The second-order valence-corrected chi connectivity index (χ2v) is 9.17. The molecule has 1 aliphatic rings. The Labute approximate surface area is 165 Å². The van der Waals surface area contributed by atoms with E-state index >= 15 is 0 Å². The molecule has 6 nitrogen and oxygen atoms in total. The molecule has 1 atom stereocenters. The number of hydrogen-bond donors (Lipinski definition) is 2. The predicted molar refractivity (Wildman–Crippen MR) is 111 cm³/mol. The molecule has 1 aromatic rings. The summed E-state index contributed by atoms with van der Waals surface area (Å²) in [5.74, 6) is 1.49. The first-order valence-corrected chi connectivity index (χ1v) is 10.8. The number of halogens is 1. The van der Waals surface area contributed by atoms with Crippen LogP contribution in [0.2, 0.25) is 0 Å². The molecule has 0 saturated carbocycles. The van der Waals surface area contributed by atoms with Gasteiger partial charge in [-0.1, -0.05) is 6.92 Å². The molecule has 1 unspecified atom stereocenters. The zero-order valence-electron chi connectivity index (χ0n) is 14.2. The van der Waals surface area contributed by atoms with Crippen LogP contribution in [0, 0.1) is 5.92 Å². The molecular weight excluding hydrogens is 459 g/mol. The molecule has 138 valence electrons. The van der Waals surface area contributed by atoms with Crippen molar-refractivity contribution in [3.63, 3.8) is 0 Å². The number of nitrogens with one attached hydrogen (secondary N) is 2. The van der Waals surface area contributed by atoms with Gasteiger partial charge in [0, 0.05) is 37.1 Å². The van der Waals surface area contributed by atoms with E-state index in [2.05, 4.69) is 27.5 Å². The minimum Gasteiger partial charge on any atom is -0.357 e. The van der Waals surface area contributed by atoms with Crippen LogP contribution in [0.4, 0.5) is 0 Å². The van der Waals surface area contributed by atoms with Crippen molar-refractivity contribution in [3.8, 4) is 0 Å². The molecule has 0 aromatic carbocycles. The molecule has 2 heterocycles. The van der Waals surface area contributed by atoms with Crippen LogP contribution in [0.1, 0.15) is 30.2 Å². The number of thiazole rings is 1. The quantitative estimate of drug-likeness (QED) is 0.349. The third kappa shape index (κ3) is 7.22. The fourth-order valence-electron chi connectivity index (χ4n) is 2.49. The van der Waals surface area contributed by atoms with Gasteiger partial charge in [0.2, 0.25) is 0 Å². The van der Waals surface area contributed by atoms with Gasteiger partial charge in [-0.3, -0.25) is 4.99 Å². The molecule has 1 fully saturated rings. The molecule has 1 aliphatic heterocycles. The average Bonchev–Trinajstić information content (AvgIpc) is 3.11. The van der Waals surface area contributed by atoms with Gasteiger partial charge in [0.15, 0.2) is 15.8 Å². The van der Waals surface area contributed by atoms with E-state index in [9.17, 15) is 8.42 Å². The van der Waals surface area contributed by atoms with Gasteiger partial charge < -0.3 is 10.6 Å². The van der Waals surface area contributed by atoms with Crippen LogP contribution < -0.4 is 10.6 Å². The first kappa shape index (κ1) is 21.6. The average molecular weight is 486 g/mol. The first-order valence-electron chi connectivity index (χ1n) is 8.18. The zero-order valence-corrected chi connectivity index (χ0v) is 18.2. The second-order valence-electron chi connectivity index (χ2n) is 5.74. The summed E-state index contributed by atoms with van der Waals surface area (Å²) in [7, 11) is -2.83. The number of aliphatic imine (C=N–C) groups is 1. The Bertz CT molecular complexity index is 631. The van der Waals surface area contributed by atoms with Crippen molar-refractivity contribution in [3.05, 3.63) is 16.1 Å². The van der Waals surface area contributed by atoms with Gasteiger partial charge in [-0.05, 0) is 25.7 Å². The summed E-state index contributed by atoms with van der Waals surface area (Å²) < 4.78 is 23.0. The van der Waals surface area contributed by atoms with E-state index in [0.29, 0.717) is 12.3 Å². The molecule has 9 heteroatoms. The summed E-state index contributed by atoms with van der Waals surface area (Å²) in [6, 6.07) is 0. The fourth-order valence-corrected chi connectivity index (χ4v) is 5.20. The van der Waals surface area contributed by atoms with E-state index in [-0.39, 0.29) is 35.6 Å². The van der Waals surface area contributed by atoms with Gasteiger partial charge in [-0.2, -0.15) is 0 Å². The highest BCUT2D eigenvalue weighted by Gasteiger charge is 2.27. The molecule has 0 radical (unpaired) electrons. The number of nitrogens with zero attached hydrogens (tertiary/aromatic N) is 2. The molecule has 1 aromatic heterocycles. The highest BCUT2D eigenvalue weighted by Crippen LogP contribution is 2.18. The molecule has 2 N–H and O–H groups in total. The monoisotopic (exact) mass is 486 g/mol. The fraction of sp³-hybridized carbons (Fsp3) is 0.733. The van der Waals surface area contributed by atoms with Crippen molar-refractivity contribution < 1.29 is 8.42 Å². The topological polar surface area (TPSA) is 83.5 Å². The van der Waals surface area contributed by atoms with E-state index in [1.807, 2.05) is 13.1 Å². The lowest BCUT2D eigenvalue weighted by atomic mass is 10.1. The van der Waals surface area contributed by atoms with E-state index < -0.39 is 9.84 Å². The Morgan fingerprint density at radius 2 is 2.21 bits per heavy atom. The van der Waals surface area contributed by atoms with E-state index in [1.165, 1.54) is 4.88 Å². The predicted octanol–water partition coefficient (Wildman–Crippen LogP) is 1.86. The normalized spacial score (nSPS) is 19.8. The summed E-state index contributed by atoms with van der Waals surface area (Å²) in [6.45, 7) is 6.27. The van der Waals surface area contributed by atoms with Crippen LogP contribution in [-0.4, -0.2) is 50.5 Å². The standard InChI is InChI=1S/C15H26N4O2S2.HI/c1-3-13-10-18-14(22-13)5-7-17-15(16-4-2)19-9-12-6-8-23(20,21)11-12;/h10,12H,3-9,11H2,1-2H3,(H2,16,17,19);1H. The summed E-state index contributed by atoms with van der Waals surface area (Å²) in [4.78, 5) is 10.2. The first-order chi connectivity index (χ1) is 11.0. The van der Waals surface area contributed by atoms with Gasteiger partial charge in [0.05, 0.1) is 16.5 Å². The molecule has 0 amide bonds. The van der Waals surface area contributed by atoms with Gasteiger partial charge in [-0.15, -0.1) is 35.3 Å². The van der Waals surface area contributed by atoms with Crippen molar-refractivity contribution in [1.29, 1.82) is 0 Å². The Kier molecular flexibility index (Phi) is 9.50. The maximum absolute atomic E-state index is 11.5. The van der Waals surface area contributed by atoms with Crippen molar-refractivity contribution in [2.75, 3.05) is 31.1 Å². The number of rotatable bonds is 7. The van der Waals surface area contributed by atoms with Crippen LogP contribution in [-0.2, 0) is 22.7 Å². The van der Waals surface area contributed by atoms with Crippen LogP contribution in [0.3, 0.4) is 0 Å². The minimum atomic E-state index is -2.83. The van der Waals surface area contributed by atoms with E-state index in [4.69, 9.17) is 0 Å². The molecular formula is C15H27IN4O2S2. The number of aryl methyl sites for hydroxylation is 1. The summed E-state index contributed by atoms with van der Waals surface area (Å²) in [6.07, 6.45) is 4.57. The Morgan fingerprint density at radius 3 is 2.79 bits per heavy atom. The Hall–Kier alpha value is -0.420. The maximum atomic E-state index is 11.5. The number of hydrogen-bond acceptors (Lipinski definition) is 5. The Balaban J connectivity index is 0.00000288. The van der Waals surface area contributed by atoms with Crippen LogP contribution in [0.25, 0.3) is 0 Å². The molecule has 0 bridgehead atoms. The van der Waals surface area contributed by atoms with Crippen LogP contribution in [0.15, 0.2) is 11.2 Å². The lowest BCUT2D eigenvalue weighted by molar-refractivity contribution is 0.589. The Morgan fingerprint density at radius 1 is 1.42 bits per heavy atom. The smallest absolute Gasteiger partial charge is 0.191 e. The minimum absolute atomic E-state index is 0. The lowest BCUT2D eigenvalue weighted by Gasteiger charge is -2.12. The summed E-state index contributed by atoms with van der Waals surface area (Å²) in [5, 5.41) is 7.63. The largest absolute Gasteiger partial charge is 0.357 e. The van der Waals surface area contributed by atoms with E-state index in [0.717, 1.165) is 43.3 Å². The van der Waals surface area contributed by atoms with Gasteiger partial charge in [0.1, 0.15) is 0 Å². The van der Waals surface area contributed by atoms with Crippen LogP contribution >= 0.6 is 35.3 Å². The second kappa shape index (κ2) is 10.5. The third-order valence-electron chi connectivity index (χ3n) is 3.76. The molecule has 0 aliphatic carbocycles. The summed E-state index contributed by atoms with van der Waals surface area (Å²) in [5.41, 5.74) is 0. The number of aromatic nitrogens is 1. The van der Waals surface area contributed by atoms with Gasteiger partial charge in [-0.25, -0.2) is 13.4 Å². The molecule has 24 heavy (non-hydrogen) atoms. The van der Waals surface area contributed by atoms with Crippen molar-refractivity contribution in [2.45, 2.75) is 33.1 Å². The van der Waals surface area contributed by atoms with Crippen molar-refractivity contribution in [1.82, 2.24) is 15.6 Å². The summed E-state index contributed by atoms with van der Waals surface area (Å²) >= 11 is 1.75. The van der Waals surface area contributed by atoms with Gasteiger partial charge in [0.25, 0.3) is 0 Å². The van der Waals surface area contributed by atoms with Crippen molar-refractivity contribution >= 4 is 51.1 Å². The number of sulfone groups is 1. The maximum Gasteiger partial charge on any atom is 0.191 e. The zero-order chi connectivity index (χ0) is 16.7. The highest BCUT2D eigenvalue weighted by atomic mass is 127. The van der Waals surface area contributed by atoms with Gasteiger partial charge >= 0.3 is 0 Å². The number of guanidine groups is 1. The molecule has 1 saturated heterocycles. The molecule has 2 rings (SSSR count). The lowest BCUT2D eigenvalue weighted by Crippen LogP contribution is -2.38. The van der Waals surface area contributed by atoms with Crippen LogP contribution in [0.5, 0.6) is 0 Å². The highest BCUT2D eigenvalue weighted by molar-refractivity contribution is 14.0.